The topological polar surface area (TPSA) is 71.4 Å². The molecule has 0 aliphatic carbocycles. The van der Waals surface area contributed by atoms with Crippen LogP contribution < -0.4 is 10.6 Å². The molecule has 7 nitrogen and oxygen atoms in total. The van der Waals surface area contributed by atoms with Crippen LogP contribution in [0.1, 0.15) is 17.2 Å². The van der Waals surface area contributed by atoms with E-state index in [0.717, 1.165) is 31.0 Å². The monoisotopic (exact) mass is 419 g/mol. The van der Waals surface area contributed by atoms with Crippen molar-refractivity contribution < 1.29 is 9.53 Å². The van der Waals surface area contributed by atoms with Gasteiger partial charge in [0.25, 0.3) is 0 Å². The zero-order chi connectivity index (χ0) is 21.6. The van der Waals surface area contributed by atoms with Gasteiger partial charge in [-0.1, -0.05) is 48.5 Å². The minimum atomic E-state index is -0.225. The molecule has 7 heteroatoms. The summed E-state index contributed by atoms with van der Waals surface area (Å²) in [5, 5.41) is 10.7. The summed E-state index contributed by atoms with van der Waals surface area (Å²) in [6, 6.07) is 21.8. The van der Waals surface area contributed by atoms with Crippen molar-refractivity contribution >= 4 is 11.8 Å². The third-order valence-electron chi connectivity index (χ3n) is 5.63. The normalized spacial score (nSPS) is 18.8. The highest BCUT2D eigenvalue weighted by Crippen LogP contribution is 2.27. The second-order valence-corrected chi connectivity index (χ2v) is 7.89. The van der Waals surface area contributed by atoms with Crippen molar-refractivity contribution in [2.24, 2.45) is 0 Å². The SMILES string of the molecule is COCCN1C[C@@H](NC(=O)Nc2cc(C)nn2-c2ccccc2)[C@H](c2ccccc2)C1. The molecule has 0 spiro atoms. The Morgan fingerprint density at radius 1 is 1.10 bits per heavy atom. The molecule has 0 bridgehead atoms. The second-order valence-electron chi connectivity index (χ2n) is 7.89. The van der Waals surface area contributed by atoms with Gasteiger partial charge in [-0.05, 0) is 24.6 Å². The number of carbonyl (C=O) groups excluding carboxylic acids is 1. The summed E-state index contributed by atoms with van der Waals surface area (Å²) in [6.07, 6.45) is 0. The summed E-state index contributed by atoms with van der Waals surface area (Å²) in [5.41, 5.74) is 2.98. The average molecular weight is 420 g/mol. The molecule has 1 fully saturated rings. The quantitative estimate of drug-likeness (QED) is 0.616. The zero-order valence-electron chi connectivity index (χ0n) is 18.0. The summed E-state index contributed by atoms with van der Waals surface area (Å²) < 4.78 is 7.00. The molecule has 3 aromatic rings. The molecule has 1 aromatic heterocycles. The Balaban J connectivity index is 1.48. The van der Waals surface area contributed by atoms with Crippen molar-refractivity contribution in [1.82, 2.24) is 20.0 Å². The number of aromatic nitrogens is 2. The molecule has 1 aliphatic rings. The molecule has 2 N–H and O–H groups in total. The summed E-state index contributed by atoms with van der Waals surface area (Å²) in [4.78, 5) is 15.3. The first kappa shape index (κ1) is 21.1. The maximum absolute atomic E-state index is 13.0. The molecular formula is C24H29N5O2. The van der Waals surface area contributed by atoms with Crippen LogP contribution in [0.5, 0.6) is 0 Å². The first-order valence-corrected chi connectivity index (χ1v) is 10.6. The van der Waals surface area contributed by atoms with Crippen LogP contribution in [-0.4, -0.2) is 60.1 Å². The van der Waals surface area contributed by atoms with E-state index in [4.69, 9.17) is 4.74 Å². The van der Waals surface area contributed by atoms with Crippen LogP contribution >= 0.6 is 0 Å². The number of methoxy groups -OCH3 is 1. The van der Waals surface area contributed by atoms with Gasteiger partial charge in [0.05, 0.1) is 24.0 Å². The number of amides is 2. The molecule has 0 saturated carbocycles. The highest BCUT2D eigenvalue weighted by atomic mass is 16.5. The number of carbonyl (C=O) groups is 1. The largest absolute Gasteiger partial charge is 0.383 e. The van der Waals surface area contributed by atoms with Crippen LogP contribution in [0.2, 0.25) is 0 Å². The number of likely N-dealkylation sites (tertiary alicyclic amines) is 1. The zero-order valence-corrected chi connectivity index (χ0v) is 18.0. The van der Waals surface area contributed by atoms with Gasteiger partial charge >= 0.3 is 6.03 Å². The maximum Gasteiger partial charge on any atom is 0.320 e. The number of benzene rings is 2. The summed E-state index contributed by atoms with van der Waals surface area (Å²) in [7, 11) is 1.71. The summed E-state index contributed by atoms with van der Waals surface area (Å²) >= 11 is 0. The Labute approximate surface area is 183 Å². The van der Waals surface area contributed by atoms with Gasteiger partial charge in [-0.2, -0.15) is 5.10 Å². The van der Waals surface area contributed by atoms with Gasteiger partial charge in [0.2, 0.25) is 0 Å². The third-order valence-corrected chi connectivity index (χ3v) is 5.63. The number of aryl methyl sites for hydroxylation is 1. The number of nitrogens with zero attached hydrogens (tertiary/aromatic N) is 3. The van der Waals surface area contributed by atoms with Gasteiger partial charge in [0.1, 0.15) is 5.82 Å². The Kier molecular flexibility index (Phi) is 6.64. The second kappa shape index (κ2) is 9.76. The number of hydrogen-bond donors (Lipinski definition) is 2. The molecule has 2 atom stereocenters. The highest BCUT2D eigenvalue weighted by Gasteiger charge is 2.34. The van der Waals surface area contributed by atoms with Crippen LogP contribution in [0.25, 0.3) is 5.69 Å². The fourth-order valence-corrected chi connectivity index (χ4v) is 4.15. The first-order valence-electron chi connectivity index (χ1n) is 10.6. The van der Waals surface area contributed by atoms with Crippen molar-refractivity contribution in [3.63, 3.8) is 0 Å². The van der Waals surface area contributed by atoms with Crippen molar-refractivity contribution in [2.45, 2.75) is 18.9 Å². The van der Waals surface area contributed by atoms with E-state index < -0.39 is 0 Å². The van der Waals surface area contributed by atoms with Crippen LogP contribution in [0.15, 0.2) is 66.7 Å². The molecule has 31 heavy (non-hydrogen) atoms. The lowest BCUT2D eigenvalue weighted by molar-refractivity contribution is 0.159. The minimum absolute atomic E-state index is 0.00782. The highest BCUT2D eigenvalue weighted by molar-refractivity contribution is 5.89. The molecule has 2 aromatic carbocycles. The Bertz CT molecular complexity index is 990. The van der Waals surface area contributed by atoms with E-state index >= 15 is 0 Å². The lowest BCUT2D eigenvalue weighted by Crippen LogP contribution is -2.42. The first-order chi connectivity index (χ1) is 15.1. The Morgan fingerprint density at radius 2 is 1.81 bits per heavy atom. The number of ether oxygens (including phenoxy) is 1. The number of para-hydroxylation sites is 1. The lowest BCUT2D eigenvalue weighted by atomic mass is 9.94. The Hall–Kier alpha value is -3.16. The van der Waals surface area contributed by atoms with E-state index in [1.165, 1.54) is 5.56 Å². The van der Waals surface area contributed by atoms with E-state index in [-0.39, 0.29) is 18.0 Å². The van der Waals surface area contributed by atoms with Gasteiger partial charge in [-0.15, -0.1) is 0 Å². The van der Waals surface area contributed by atoms with E-state index in [0.29, 0.717) is 12.4 Å². The van der Waals surface area contributed by atoms with Crippen LogP contribution in [0, 0.1) is 6.92 Å². The lowest BCUT2D eigenvalue weighted by Gasteiger charge is -2.20. The molecule has 1 aliphatic heterocycles. The molecular weight excluding hydrogens is 390 g/mol. The molecule has 0 radical (unpaired) electrons. The van der Waals surface area contributed by atoms with Crippen molar-refractivity contribution in [3.05, 3.63) is 78.0 Å². The van der Waals surface area contributed by atoms with Gasteiger partial charge in [-0.3, -0.25) is 10.2 Å². The van der Waals surface area contributed by atoms with Gasteiger partial charge < -0.3 is 10.1 Å². The smallest absolute Gasteiger partial charge is 0.320 e. The molecule has 2 amide bonds. The fraction of sp³-hybridized carbons (Fsp3) is 0.333. The number of hydrogen-bond acceptors (Lipinski definition) is 4. The van der Waals surface area contributed by atoms with Crippen molar-refractivity contribution in [2.75, 3.05) is 38.7 Å². The van der Waals surface area contributed by atoms with E-state index in [9.17, 15) is 4.79 Å². The number of rotatable bonds is 7. The average Bonchev–Trinajstić information content (AvgIpc) is 3.36. The Morgan fingerprint density at radius 3 is 2.52 bits per heavy atom. The molecule has 1 saturated heterocycles. The molecule has 162 valence electrons. The van der Waals surface area contributed by atoms with Crippen LogP contribution in [-0.2, 0) is 4.74 Å². The molecule has 0 unspecified atom stereocenters. The number of urea groups is 1. The predicted molar refractivity (Wildman–Crippen MR) is 122 cm³/mol. The summed E-state index contributed by atoms with van der Waals surface area (Å²) in [5.74, 6) is 0.872. The van der Waals surface area contributed by atoms with Crippen LogP contribution in [0.4, 0.5) is 10.6 Å². The molecule has 4 rings (SSSR count). The van der Waals surface area contributed by atoms with E-state index in [2.05, 4.69) is 32.8 Å². The minimum Gasteiger partial charge on any atom is -0.383 e. The summed E-state index contributed by atoms with van der Waals surface area (Å²) in [6.45, 7) is 5.11. The van der Waals surface area contributed by atoms with Gasteiger partial charge in [0, 0.05) is 38.7 Å². The number of anilines is 1. The van der Waals surface area contributed by atoms with Crippen molar-refractivity contribution in [3.8, 4) is 5.69 Å². The fourth-order valence-electron chi connectivity index (χ4n) is 4.15. The van der Waals surface area contributed by atoms with Gasteiger partial charge in [-0.25, -0.2) is 9.48 Å². The van der Waals surface area contributed by atoms with Crippen LogP contribution in [0.3, 0.4) is 0 Å². The van der Waals surface area contributed by atoms with Gasteiger partial charge in [0.15, 0.2) is 0 Å². The standard InChI is InChI=1S/C24H29N5O2/c1-18-15-23(29(27-18)20-11-7-4-8-12-20)26-24(30)25-22-17-28(13-14-31-2)16-21(22)19-9-5-3-6-10-19/h3-12,15,21-22H,13-14,16-17H2,1-2H3,(H2,25,26,30)/t21-,22+/m0/s1. The van der Waals surface area contributed by atoms with E-state index in [1.54, 1.807) is 11.8 Å². The number of nitrogens with one attached hydrogen (secondary N) is 2. The maximum atomic E-state index is 13.0. The van der Waals surface area contributed by atoms with E-state index in [1.807, 2.05) is 61.5 Å². The third kappa shape index (κ3) is 5.13. The molecule has 2 heterocycles. The predicted octanol–water partition coefficient (Wildman–Crippen LogP) is 3.42. The van der Waals surface area contributed by atoms with Crippen molar-refractivity contribution in [1.29, 1.82) is 0 Å².